The lowest BCUT2D eigenvalue weighted by Gasteiger charge is -2.50. The molecule has 1 spiro atoms. The molecule has 0 aromatic heterocycles. The Labute approximate surface area is 122 Å². The minimum atomic E-state index is -0.396. The highest BCUT2D eigenvalue weighted by molar-refractivity contribution is 8.93. The number of hydrogen-bond acceptors (Lipinski definition) is 2. The van der Waals surface area contributed by atoms with Crippen LogP contribution in [0.2, 0.25) is 5.02 Å². The number of benzene rings is 1. The maximum atomic E-state index is 12.4. The van der Waals surface area contributed by atoms with Crippen molar-refractivity contribution in [3.05, 3.63) is 34.3 Å². The van der Waals surface area contributed by atoms with Crippen molar-refractivity contribution in [2.75, 3.05) is 7.05 Å². The molecule has 0 radical (unpaired) electrons. The number of nitrogens with zero attached hydrogens (tertiary/aromatic N) is 1. The summed E-state index contributed by atoms with van der Waals surface area (Å²) in [5.41, 5.74) is 7.78. The highest BCUT2D eigenvalue weighted by atomic mass is 79.9. The van der Waals surface area contributed by atoms with E-state index in [2.05, 4.69) is 0 Å². The fraction of sp³-hybridized carbons (Fsp3) is 0.462. The molecule has 2 N–H and O–H groups in total. The molecule has 1 fully saturated rings. The van der Waals surface area contributed by atoms with Crippen molar-refractivity contribution < 1.29 is 4.79 Å². The number of carbonyl (C=O) groups excluding carboxylic acids is 1. The second-order valence-corrected chi connectivity index (χ2v) is 5.65. The van der Waals surface area contributed by atoms with Crippen LogP contribution in [0, 0.1) is 0 Å². The molecule has 3 rings (SSSR count). The lowest BCUT2D eigenvalue weighted by Crippen LogP contribution is -2.60. The lowest BCUT2D eigenvalue weighted by molar-refractivity contribution is -0.142. The van der Waals surface area contributed by atoms with Gasteiger partial charge in [-0.25, -0.2) is 0 Å². The summed E-state index contributed by atoms with van der Waals surface area (Å²) in [5, 5.41) is 0.695. The van der Waals surface area contributed by atoms with Crippen molar-refractivity contribution in [2.24, 2.45) is 5.73 Å². The quantitative estimate of drug-likeness (QED) is 0.792. The van der Waals surface area contributed by atoms with Crippen LogP contribution in [0.5, 0.6) is 0 Å². The number of halogens is 2. The summed E-state index contributed by atoms with van der Waals surface area (Å²) in [6.45, 7) is 0.669. The summed E-state index contributed by atoms with van der Waals surface area (Å²) in [4.78, 5) is 14.2. The first kappa shape index (κ1) is 13.8. The molecule has 18 heavy (non-hydrogen) atoms. The SMILES string of the molecule is Br.CN1Cc2ccc(Cl)cc2C2(CC(N)C2)C1=O. The number of likely N-dealkylation sites (N-methyl/N-ethyl adjacent to an activating group) is 1. The van der Waals surface area contributed by atoms with E-state index >= 15 is 0 Å². The summed E-state index contributed by atoms with van der Waals surface area (Å²) in [6.07, 6.45) is 1.48. The minimum Gasteiger partial charge on any atom is -0.341 e. The number of hydrogen-bond donors (Lipinski definition) is 1. The molecule has 3 nitrogen and oxygen atoms in total. The predicted molar refractivity (Wildman–Crippen MR) is 77.1 cm³/mol. The maximum Gasteiger partial charge on any atom is 0.233 e. The van der Waals surface area contributed by atoms with Crippen molar-refractivity contribution >= 4 is 34.5 Å². The van der Waals surface area contributed by atoms with Crippen LogP contribution >= 0.6 is 28.6 Å². The van der Waals surface area contributed by atoms with E-state index < -0.39 is 5.41 Å². The van der Waals surface area contributed by atoms with Gasteiger partial charge in [-0.1, -0.05) is 17.7 Å². The Morgan fingerprint density at radius 1 is 1.44 bits per heavy atom. The molecule has 2 aliphatic rings. The van der Waals surface area contributed by atoms with Gasteiger partial charge < -0.3 is 10.6 Å². The van der Waals surface area contributed by atoms with E-state index in [1.165, 1.54) is 5.56 Å². The third-order valence-corrected chi connectivity index (χ3v) is 4.21. The smallest absolute Gasteiger partial charge is 0.233 e. The van der Waals surface area contributed by atoms with Gasteiger partial charge in [-0.2, -0.15) is 0 Å². The molecule has 0 bridgehead atoms. The second-order valence-electron chi connectivity index (χ2n) is 5.21. The van der Waals surface area contributed by atoms with Crippen LogP contribution in [0.1, 0.15) is 24.0 Å². The zero-order valence-corrected chi connectivity index (χ0v) is 12.6. The van der Waals surface area contributed by atoms with Gasteiger partial charge in [0.05, 0.1) is 5.41 Å². The Balaban J connectivity index is 0.00000120. The van der Waals surface area contributed by atoms with Crippen LogP contribution in [0.25, 0.3) is 0 Å². The zero-order chi connectivity index (χ0) is 12.2. The molecular weight excluding hydrogens is 316 g/mol. The van der Waals surface area contributed by atoms with E-state index in [0.717, 1.165) is 18.4 Å². The first-order valence-electron chi connectivity index (χ1n) is 5.83. The molecule has 1 aromatic rings. The molecular formula is C13H16BrClN2O. The zero-order valence-electron chi connectivity index (χ0n) is 10.1. The van der Waals surface area contributed by atoms with E-state index in [-0.39, 0.29) is 28.9 Å². The Morgan fingerprint density at radius 2 is 2.11 bits per heavy atom. The van der Waals surface area contributed by atoms with Crippen LogP contribution in [-0.2, 0) is 16.8 Å². The van der Waals surface area contributed by atoms with E-state index in [1.807, 2.05) is 25.2 Å². The molecule has 1 aromatic carbocycles. The summed E-state index contributed by atoms with van der Waals surface area (Å²) in [5.74, 6) is 0.189. The second kappa shape index (κ2) is 4.51. The highest BCUT2D eigenvalue weighted by Gasteiger charge is 2.54. The molecule has 0 atom stereocenters. The van der Waals surface area contributed by atoms with Gasteiger partial charge in [0.2, 0.25) is 5.91 Å². The third-order valence-electron chi connectivity index (χ3n) is 3.97. The standard InChI is InChI=1S/C13H15ClN2O.BrH/c1-16-7-8-2-3-9(14)4-11(8)13(12(16)17)5-10(15)6-13;/h2-4,10H,5-7,15H2,1H3;1H. The van der Waals surface area contributed by atoms with Crippen LogP contribution < -0.4 is 5.73 Å². The van der Waals surface area contributed by atoms with Gasteiger partial charge in [-0.3, -0.25) is 4.79 Å². The van der Waals surface area contributed by atoms with Gasteiger partial charge in [0.1, 0.15) is 0 Å². The molecule has 98 valence electrons. The van der Waals surface area contributed by atoms with Gasteiger partial charge in [-0.15, -0.1) is 17.0 Å². The number of rotatable bonds is 0. The maximum absolute atomic E-state index is 12.4. The molecule has 1 amide bonds. The summed E-state index contributed by atoms with van der Waals surface area (Å²) in [6, 6.07) is 5.98. The molecule has 1 saturated carbocycles. The Morgan fingerprint density at radius 3 is 2.72 bits per heavy atom. The van der Waals surface area contributed by atoms with Gasteiger partial charge in [0.25, 0.3) is 0 Å². The van der Waals surface area contributed by atoms with Crippen molar-refractivity contribution in [2.45, 2.75) is 30.8 Å². The molecule has 5 heteroatoms. The summed E-state index contributed by atoms with van der Waals surface area (Å²) < 4.78 is 0. The minimum absolute atomic E-state index is 0. The Kier molecular flexibility index (Phi) is 3.47. The molecule has 0 saturated heterocycles. The van der Waals surface area contributed by atoms with Crippen LogP contribution in [-0.4, -0.2) is 23.9 Å². The third kappa shape index (κ3) is 1.78. The topological polar surface area (TPSA) is 46.3 Å². The fourth-order valence-electron chi connectivity index (χ4n) is 3.17. The van der Waals surface area contributed by atoms with Gasteiger partial charge in [-0.05, 0) is 36.1 Å². The molecule has 0 unspecified atom stereocenters. The van der Waals surface area contributed by atoms with E-state index in [4.69, 9.17) is 17.3 Å². The molecule has 1 heterocycles. The van der Waals surface area contributed by atoms with Crippen molar-refractivity contribution in [1.29, 1.82) is 0 Å². The van der Waals surface area contributed by atoms with Gasteiger partial charge >= 0.3 is 0 Å². The monoisotopic (exact) mass is 330 g/mol. The van der Waals surface area contributed by atoms with Crippen molar-refractivity contribution in [3.8, 4) is 0 Å². The summed E-state index contributed by atoms with van der Waals surface area (Å²) in [7, 11) is 1.85. The average Bonchev–Trinajstić information content (AvgIpc) is 2.24. The van der Waals surface area contributed by atoms with Crippen LogP contribution in [0.15, 0.2) is 18.2 Å². The number of nitrogens with two attached hydrogens (primary N) is 1. The van der Waals surface area contributed by atoms with E-state index in [9.17, 15) is 4.79 Å². The van der Waals surface area contributed by atoms with E-state index in [1.54, 1.807) is 4.90 Å². The number of carbonyl (C=O) groups is 1. The van der Waals surface area contributed by atoms with Crippen molar-refractivity contribution in [1.82, 2.24) is 4.90 Å². The Hall–Kier alpha value is -0.580. The van der Waals surface area contributed by atoms with Crippen LogP contribution in [0.4, 0.5) is 0 Å². The largest absolute Gasteiger partial charge is 0.341 e. The molecule has 1 aliphatic heterocycles. The first-order valence-corrected chi connectivity index (χ1v) is 6.21. The lowest BCUT2D eigenvalue weighted by atomic mass is 9.59. The Bertz CT molecular complexity index is 500. The normalized spacial score (nSPS) is 29.6. The van der Waals surface area contributed by atoms with Crippen LogP contribution in [0.3, 0.4) is 0 Å². The summed E-state index contributed by atoms with van der Waals surface area (Å²) >= 11 is 6.05. The van der Waals surface area contributed by atoms with E-state index in [0.29, 0.717) is 11.6 Å². The number of amides is 1. The van der Waals surface area contributed by atoms with Gasteiger partial charge in [0, 0.05) is 24.7 Å². The number of fused-ring (bicyclic) bond motifs is 2. The predicted octanol–water partition coefficient (Wildman–Crippen LogP) is 2.25. The fourth-order valence-corrected chi connectivity index (χ4v) is 3.34. The molecule has 1 aliphatic carbocycles. The first-order chi connectivity index (χ1) is 8.03. The van der Waals surface area contributed by atoms with Gasteiger partial charge in [0.15, 0.2) is 0 Å². The highest BCUT2D eigenvalue weighted by Crippen LogP contribution is 2.48. The average molecular weight is 332 g/mol. The van der Waals surface area contributed by atoms with Crippen molar-refractivity contribution in [3.63, 3.8) is 0 Å².